The van der Waals surface area contributed by atoms with Crippen LogP contribution >= 0.6 is 23.2 Å². The highest BCUT2D eigenvalue weighted by Crippen LogP contribution is 2.29. The number of hydrogen-bond acceptors (Lipinski definition) is 6. The minimum atomic E-state index is -0.0337. The Kier molecular flexibility index (Phi) is 6.75. The molecule has 162 valence electrons. The Bertz CT molecular complexity index is 1060. The normalized spacial score (nSPS) is 15.1. The fourth-order valence-electron chi connectivity index (χ4n) is 3.59. The third kappa shape index (κ3) is 5.36. The SMILES string of the molecule is COc1cccc(NC(=O)C2CCN(Cc3nc(-c4ccc(Cl)cc4Cl)no3)CC2)c1. The maximum absolute atomic E-state index is 12.6. The fraction of sp³-hybridized carbons (Fsp3) is 0.318. The average molecular weight is 461 g/mol. The third-order valence-corrected chi connectivity index (χ3v) is 5.84. The zero-order valence-electron chi connectivity index (χ0n) is 17.0. The number of rotatable bonds is 6. The summed E-state index contributed by atoms with van der Waals surface area (Å²) in [4.78, 5) is 19.3. The van der Waals surface area contributed by atoms with Crippen LogP contribution in [0.3, 0.4) is 0 Å². The molecule has 1 fully saturated rings. The van der Waals surface area contributed by atoms with Gasteiger partial charge < -0.3 is 14.6 Å². The van der Waals surface area contributed by atoms with Gasteiger partial charge in [0.1, 0.15) is 5.75 Å². The molecule has 1 aromatic heterocycles. The summed E-state index contributed by atoms with van der Waals surface area (Å²) < 4.78 is 10.6. The van der Waals surface area contributed by atoms with E-state index in [1.54, 1.807) is 25.3 Å². The van der Waals surface area contributed by atoms with Gasteiger partial charge in [0.05, 0.1) is 18.7 Å². The van der Waals surface area contributed by atoms with Crippen LogP contribution in [0, 0.1) is 5.92 Å². The second kappa shape index (κ2) is 9.68. The smallest absolute Gasteiger partial charge is 0.241 e. The van der Waals surface area contributed by atoms with E-state index in [2.05, 4.69) is 20.4 Å². The lowest BCUT2D eigenvalue weighted by atomic mass is 9.96. The molecule has 1 aliphatic rings. The molecule has 2 heterocycles. The summed E-state index contributed by atoms with van der Waals surface area (Å²) in [6, 6.07) is 12.5. The van der Waals surface area contributed by atoms with Gasteiger partial charge in [0.2, 0.25) is 17.6 Å². The molecule has 2 aromatic carbocycles. The van der Waals surface area contributed by atoms with Gasteiger partial charge in [-0.2, -0.15) is 4.98 Å². The largest absolute Gasteiger partial charge is 0.497 e. The van der Waals surface area contributed by atoms with Gasteiger partial charge in [0.15, 0.2) is 0 Å². The zero-order valence-corrected chi connectivity index (χ0v) is 18.5. The molecule has 1 aliphatic heterocycles. The van der Waals surface area contributed by atoms with Crippen molar-refractivity contribution in [3.05, 3.63) is 58.4 Å². The molecular weight excluding hydrogens is 439 g/mol. The van der Waals surface area contributed by atoms with E-state index in [0.29, 0.717) is 39.6 Å². The minimum Gasteiger partial charge on any atom is -0.497 e. The molecule has 4 rings (SSSR count). The highest BCUT2D eigenvalue weighted by Gasteiger charge is 2.26. The second-order valence-corrected chi connectivity index (χ2v) is 8.25. The third-order valence-electron chi connectivity index (χ3n) is 5.29. The quantitative estimate of drug-likeness (QED) is 0.563. The van der Waals surface area contributed by atoms with Gasteiger partial charge in [-0.3, -0.25) is 9.69 Å². The molecule has 1 saturated heterocycles. The molecule has 7 nitrogen and oxygen atoms in total. The van der Waals surface area contributed by atoms with Crippen molar-refractivity contribution in [2.24, 2.45) is 5.92 Å². The Morgan fingerprint density at radius 3 is 2.77 bits per heavy atom. The van der Waals surface area contributed by atoms with Gasteiger partial charge in [-0.25, -0.2) is 0 Å². The van der Waals surface area contributed by atoms with Gasteiger partial charge >= 0.3 is 0 Å². The van der Waals surface area contributed by atoms with Crippen molar-refractivity contribution in [3.63, 3.8) is 0 Å². The summed E-state index contributed by atoms with van der Waals surface area (Å²) >= 11 is 12.2. The lowest BCUT2D eigenvalue weighted by molar-refractivity contribution is -0.121. The molecule has 0 bridgehead atoms. The maximum atomic E-state index is 12.6. The number of nitrogens with zero attached hydrogens (tertiary/aromatic N) is 3. The van der Waals surface area contributed by atoms with Crippen LogP contribution < -0.4 is 10.1 Å². The van der Waals surface area contributed by atoms with Gasteiger partial charge in [0, 0.05) is 28.3 Å². The number of amides is 1. The summed E-state index contributed by atoms with van der Waals surface area (Å²) in [6.45, 7) is 2.08. The Morgan fingerprint density at radius 2 is 2.03 bits per heavy atom. The lowest BCUT2D eigenvalue weighted by Gasteiger charge is -2.30. The van der Waals surface area contributed by atoms with Crippen LogP contribution in [0.2, 0.25) is 10.0 Å². The number of nitrogens with one attached hydrogen (secondary N) is 1. The molecule has 1 N–H and O–H groups in total. The number of methoxy groups -OCH3 is 1. The molecule has 0 atom stereocenters. The van der Waals surface area contributed by atoms with E-state index >= 15 is 0 Å². The summed E-state index contributed by atoms with van der Waals surface area (Å²) in [7, 11) is 1.60. The number of anilines is 1. The molecule has 0 radical (unpaired) electrons. The molecule has 1 amide bonds. The number of carbonyl (C=O) groups excluding carboxylic acids is 1. The first kappa shape index (κ1) is 21.6. The van der Waals surface area contributed by atoms with Gasteiger partial charge in [-0.15, -0.1) is 0 Å². The van der Waals surface area contributed by atoms with Gasteiger partial charge in [-0.1, -0.05) is 34.4 Å². The molecule has 0 saturated carbocycles. The van der Waals surface area contributed by atoms with E-state index in [1.807, 2.05) is 24.3 Å². The molecule has 0 aliphatic carbocycles. The van der Waals surface area contributed by atoms with Crippen molar-refractivity contribution >= 4 is 34.8 Å². The van der Waals surface area contributed by atoms with Crippen molar-refractivity contribution in [1.82, 2.24) is 15.0 Å². The number of halogens is 2. The van der Waals surface area contributed by atoms with Crippen molar-refractivity contribution < 1.29 is 14.1 Å². The monoisotopic (exact) mass is 460 g/mol. The average Bonchev–Trinajstić information content (AvgIpc) is 3.22. The number of benzene rings is 2. The van der Waals surface area contributed by atoms with Crippen LogP contribution in [0.5, 0.6) is 5.75 Å². The van der Waals surface area contributed by atoms with E-state index in [9.17, 15) is 4.79 Å². The molecule has 9 heteroatoms. The number of likely N-dealkylation sites (tertiary alicyclic amines) is 1. The van der Waals surface area contributed by atoms with Crippen LogP contribution in [0.25, 0.3) is 11.4 Å². The van der Waals surface area contributed by atoms with Crippen molar-refractivity contribution in [1.29, 1.82) is 0 Å². The standard InChI is InChI=1S/C22H22Cl2N4O3/c1-30-17-4-2-3-16(12-17)25-22(29)14-7-9-28(10-8-14)13-20-26-21(27-31-20)18-6-5-15(23)11-19(18)24/h2-6,11-12,14H,7-10,13H2,1H3,(H,25,29). The second-order valence-electron chi connectivity index (χ2n) is 7.41. The maximum Gasteiger partial charge on any atom is 0.241 e. The number of piperidine rings is 1. The summed E-state index contributed by atoms with van der Waals surface area (Å²) in [5.41, 5.74) is 1.42. The predicted molar refractivity (Wildman–Crippen MR) is 119 cm³/mol. The molecule has 3 aromatic rings. The number of aromatic nitrogens is 2. The summed E-state index contributed by atoms with van der Waals surface area (Å²) in [5, 5.41) is 8.04. The summed E-state index contributed by atoms with van der Waals surface area (Å²) in [5.74, 6) is 1.66. The Balaban J connectivity index is 1.30. The van der Waals surface area contributed by atoms with Crippen LogP contribution in [0.4, 0.5) is 5.69 Å². The van der Waals surface area contributed by atoms with Crippen LogP contribution in [0.15, 0.2) is 47.0 Å². The summed E-state index contributed by atoms with van der Waals surface area (Å²) in [6.07, 6.45) is 1.53. The van der Waals surface area contributed by atoms with Gasteiger partial charge in [0.25, 0.3) is 0 Å². The molecule has 31 heavy (non-hydrogen) atoms. The molecule has 0 spiro atoms. The lowest BCUT2D eigenvalue weighted by Crippen LogP contribution is -2.37. The fourth-order valence-corrected chi connectivity index (χ4v) is 4.08. The molecular formula is C22H22Cl2N4O3. The van der Waals surface area contributed by atoms with Crippen molar-refractivity contribution in [2.75, 3.05) is 25.5 Å². The first-order chi connectivity index (χ1) is 15.0. The zero-order chi connectivity index (χ0) is 21.8. The van der Waals surface area contributed by atoms with Crippen LogP contribution in [-0.4, -0.2) is 41.1 Å². The van der Waals surface area contributed by atoms with E-state index in [1.165, 1.54) is 0 Å². The Morgan fingerprint density at radius 1 is 1.23 bits per heavy atom. The molecule has 0 unspecified atom stereocenters. The first-order valence-corrected chi connectivity index (χ1v) is 10.7. The van der Waals surface area contributed by atoms with E-state index in [-0.39, 0.29) is 11.8 Å². The Labute approximate surface area is 190 Å². The van der Waals surface area contributed by atoms with E-state index < -0.39 is 0 Å². The van der Waals surface area contributed by atoms with E-state index in [4.69, 9.17) is 32.5 Å². The number of ether oxygens (including phenoxy) is 1. The number of hydrogen-bond donors (Lipinski definition) is 1. The minimum absolute atomic E-state index is 0.0327. The topological polar surface area (TPSA) is 80.5 Å². The van der Waals surface area contributed by atoms with Crippen LogP contribution in [-0.2, 0) is 11.3 Å². The van der Waals surface area contributed by atoms with E-state index in [0.717, 1.165) is 31.6 Å². The highest BCUT2D eigenvalue weighted by atomic mass is 35.5. The highest BCUT2D eigenvalue weighted by molar-refractivity contribution is 6.36. The van der Waals surface area contributed by atoms with Crippen molar-refractivity contribution in [2.45, 2.75) is 19.4 Å². The van der Waals surface area contributed by atoms with Crippen LogP contribution in [0.1, 0.15) is 18.7 Å². The van der Waals surface area contributed by atoms with Crippen molar-refractivity contribution in [3.8, 4) is 17.1 Å². The predicted octanol–water partition coefficient (Wildman–Crippen LogP) is 4.90. The first-order valence-electron chi connectivity index (χ1n) is 9.97. The van der Waals surface area contributed by atoms with Gasteiger partial charge in [-0.05, 0) is 56.3 Å². The number of carbonyl (C=O) groups is 1. The Hall–Kier alpha value is -2.61.